The van der Waals surface area contributed by atoms with Crippen LogP contribution < -0.4 is 10.1 Å². The number of benzene rings is 2. The Bertz CT molecular complexity index is 727. The smallest absolute Gasteiger partial charge is 0.407 e. The van der Waals surface area contributed by atoms with Gasteiger partial charge in [-0.1, -0.05) is 44.2 Å². The van der Waals surface area contributed by atoms with Gasteiger partial charge in [0.1, 0.15) is 24.7 Å². The maximum Gasteiger partial charge on any atom is 0.407 e. The van der Waals surface area contributed by atoms with E-state index in [1.807, 2.05) is 44.2 Å². The van der Waals surface area contributed by atoms with Crippen molar-refractivity contribution in [2.75, 3.05) is 6.61 Å². The summed E-state index contributed by atoms with van der Waals surface area (Å²) in [6, 6.07) is 14.7. The average molecular weight is 327 g/mol. The standard InChI is InChI=1S/C19H21NO4/c1-19(2)12-24-18(22)20-17(19)15-9-8-14(10-16(15)21)23-11-13-6-4-3-5-7-13/h3-10,17,21H,11-12H2,1-2H3,(H,20,22)/t17-/m1/s1. The lowest BCUT2D eigenvalue weighted by Gasteiger charge is -2.38. The highest BCUT2D eigenvalue weighted by molar-refractivity contribution is 5.69. The molecule has 1 aliphatic rings. The van der Waals surface area contributed by atoms with Gasteiger partial charge in [-0.3, -0.25) is 0 Å². The fourth-order valence-corrected chi connectivity index (χ4v) is 2.79. The lowest BCUT2D eigenvalue weighted by molar-refractivity contribution is 0.0381. The van der Waals surface area contributed by atoms with Crippen LogP contribution in [0.15, 0.2) is 48.5 Å². The zero-order valence-corrected chi connectivity index (χ0v) is 13.8. The zero-order valence-electron chi connectivity index (χ0n) is 13.8. The van der Waals surface area contributed by atoms with Gasteiger partial charge in [-0.25, -0.2) is 4.79 Å². The highest BCUT2D eigenvalue weighted by atomic mass is 16.6. The van der Waals surface area contributed by atoms with E-state index in [4.69, 9.17) is 9.47 Å². The molecule has 3 rings (SSSR count). The second-order valence-electron chi connectivity index (χ2n) is 6.64. The van der Waals surface area contributed by atoms with Crippen molar-refractivity contribution < 1.29 is 19.4 Å². The molecule has 0 spiro atoms. The van der Waals surface area contributed by atoms with Gasteiger partial charge in [0, 0.05) is 17.0 Å². The van der Waals surface area contributed by atoms with Crippen molar-refractivity contribution in [2.45, 2.75) is 26.5 Å². The first-order valence-corrected chi connectivity index (χ1v) is 7.89. The summed E-state index contributed by atoms with van der Waals surface area (Å²) in [6.45, 7) is 4.70. The van der Waals surface area contributed by atoms with Crippen LogP contribution in [0.4, 0.5) is 4.79 Å². The van der Waals surface area contributed by atoms with Gasteiger partial charge in [-0.2, -0.15) is 0 Å². The SMILES string of the molecule is CC1(C)COC(=O)N[C@@H]1c1ccc(OCc2ccccc2)cc1O. The lowest BCUT2D eigenvalue weighted by atomic mass is 9.80. The van der Waals surface area contributed by atoms with Crippen LogP contribution in [0.3, 0.4) is 0 Å². The summed E-state index contributed by atoms with van der Waals surface area (Å²) in [5.41, 5.74) is 1.39. The largest absolute Gasteiger partial charge is 0.507 e. The number of carbonyl (C=O) groups excluding carboxylic acids is 1. The quantitative estimate of drug-likeness (QED) is 0.897. The summed E-state index contributed by atoms with van der Waals surface area (Å²) in [4.78, 5) is 11.5. The van der Waals surface area contributed by atoms with Crippen LogP contribution in [0, 0.1) is 5.41 Å². The maximum absolute atomic E-state index is 11.5. The molecule has 0 aromatic heterocycles. The van der Waals surface area contributed by atoms with Gasteiger partial charge in [0.15, 0.2) is 0 Å². The second kappa shape index (κ2) is 6.43. The van der Waals surface area contributed by atoms with Crippen LogP contribution in [0.1, 0.15) is 31.0 Å². The molecule has 24 heavy (non-hydrogen) atoms. The molecule has 0 radical (unpaired) electrons. The Morgan fingerprint density at radius 3 is 2.71 bits per heavy atom. The summed E-state index contributed by atoms with van der Waals surface area (Å²) in [6.07, 6.45) is -0.469. The summed E-state index contributed by atoms with van der Waals surface area (Å²) >= 11 is 0. The molecule has 1 aliphatic heterocycles. The minimum Gasteiger partial charge on any atom is -0.507 e. The van der Waals surface area contributed by atoms with Crippen molar-refractivity contribution >= 4 is 6.09 Å². The first kappa shape index (κ1) is 16.2. The Morgan fingerprint density at radius 1 is 1.25 bits per heavy atom. The molecule has 5 heteroatoms. The predicted molar refractivity (Wildman–Crippen MR) is 89.9 cm³/mol. The highest BCUT2D eigenvalue weighted by Gasteiger charge is 2.39. The molecule has 2 aromatic rings. The van der Waals surface area contributed by atoms with Gasteiger partial charge in [-0.05, 0) is 17.7 Å². The molecule has 1 heterocycles. The number of amides is 1. The van der Waals surface area contributed by atoms with E-state index >= 15 is 0 Å². The number of rotatable bonds is 4. The topological polar surface area (TPSA) is 67.8 Å². The van der Waals surface area contributed by atoms with Crippen molar-refractivity contribution in [3.63, 3.8) is 0 Å². The molecule has 1 atom stereocenters. The van der Waals surface area contributed by atoms with E-state index in [9.17, 15) is 9.90 Å². The molecule has 5 nitrogen and oxygen atoms in total. The number of ether oxygens (including phenoxy) is 2. The minimum absolute atomic E-state index is 0.0980. The van der Waals surface area contributed by atoms with Crippen LogP contribution in [0.25, 0.3) is 0 Å². The van der Waals surface area contributed by atoms with Gasteiger partial charge in [0.05, 0.1) is 6.04 Å². The first-order chi connectivity index (χ1) is 11.5. The van der Waals surface area contributed by atoms with Crippen molar-refractivity contribution in [2.24, 2.45) is 5.41 Å². The molecule has 1 fully saturated rings. The van der Waals surface area contributed by atoms with Crippen LogP contribution in [0.5, 0.6) is 11.5 Å². The fourth-order valence-electron chi connectivity index (χ4n) is 2.79. The number of carbonyl (C=O) groups is 1. The number of hydrogen-bond donors (Lipinski definition) is 2. The van der Waals surface area contributed by atoms with Crippen molar-refractivity contribution in [1.82, 2.24) is 5.32 Å². The second-order valence-corrected chi connectivity index (χ2v) is 6.64. The van der Waals surface area contributed by atoms with Crippen LogP contribution in [-0.2, 0) is 11.3 Å². The Labute approximate surface area is 141 Å². The molecule has 2 N–H and O–H groups in total. The summed E-state index contributed by atoms with van der Waals surface area (Å²) < 4.78 is 10.8. The maximum atomic E-state index is 11.5. The molecular weight excluding hydrogens is 306 g/mol. The van der Waals surface area contributed by atoms with E-state index in [1.165, 1.54) is 0 Å². The Hall–Kier alpha value is -2.69. The number of cyclic esters (lactones) is 1. The van der Waals surface area contributed by atoms with E-state index in [2.05, 4.69) is 5.32 Å². The lowest BCUT2D eigenvalue weighted by Crippen LogP contribution is -2.46. The van der Waals surface area contributed by atoms with Crippen LogP contribution >= 0.6 is 0 Å². The number of alkyl carbamates (subject to hydrolysis) is 1. The van der Waals surface area contributed by atoms with Gasteiger partial charge in [0.2, 0.25) is 0 Å². The summed E-state index contributed by atoms with van der Waals surface area (Å²) in [5.74, 6) is 0.678. The van der Waals surface area contributed by atoms with E-state index in [-0.39, 0.29) is 17.2 Å². The van der Waals surface area contributed by atoms with E-state index in [0.29, 0.717) is 24.5 Å². The third-order valence-electron chi connectivity index (χ3n) is 4.18. The molecule has 126 valence electrons. The average Bonchev–Trinajstić information content (AvgIpc) is 2.57. The van der Waals surface area contributed by atoms with E-state index in [0.717, 1.165) is 5.56 Å². The van der Waals surface area contributed by atoms with Crippen molar-refractivity contribution in [1.29, 1.82) is 0 Å². The summed E-state index contributed by atoms with van der Waals surface area (Å²) in [5, 5.41) is 13.2. The number of phenols is 1. The fraction of sp³-hybridized carbons (Fsp3) is 0.316. The van der Waals surface area contributed by atoms with E-state index < -0.39 is 6.09 Å². The third kappa shape index (κ3) is 3.45. The molecule has 0 unspecified atom stereocenters. The molecule has 0 saturated carbocycles. The Balaban J connectivity index is 1.76. The van der Waals surface area contributed by atoms with Crippen molar-refractivity contribution in [3.05, 3.63) is 59.7 Å². The molecule has 1 saturated heterocycles. The molecule has 1 amide bonds. The van der Waals surface area contributed by atoms with Gasteiger partial charge in [0.25, 0.3) is 0 Å². The van der Waals surface area contributed by atoms with Crippen molar-refractivity contribution in [3.8, 4) is 11.5 Å². The molecular formula is C19H21NO4. The van der Waals surface area contributed by atoms with Gasteiger partial charge >= 0.3 is 6.09 Å². The normalized spacial score (nSPS) is 19.2. The predicted octanol–water partition coefficient (Wildman–Crippen LogP) is 3.78. The summed E-state index contributed by atoms with van der Waals surface area (Å²) in [7, 11) is 0. The van der Waals surface area contributed by atoms with Gasteiger partial charge in [-0.15, -0.1) is 0 Å². The van der Waals surface area contributed by atoms with E-state index in [1.54, 1.807) is 18.2 Å². The molecule has 0 aliphatic carbocycles. The third-order valence-corrected chi connectivity index (χ3v) is 4.18. The van der Waals surface area contributed by atoms with Crippen LogP contribution in [-0.4, -0.2) is 17.8 Å². The molecule has 2 aromatic carbocycles. The zero-order chi connectivity index (χ0) is 17.2. The monoisotopic (exact) mass is 327 g/mol. The number of nitrogens with one attached hydrogen (secondary N) is 1. The number of hydrogen-bond acceptors (Lipinski definition) is 4. The number of phenolic OH excluding ortho intramolecular Hbond substituents is 1. The first-order valence-electron chi connectivity index (χ1n) is 7.89. The number of aromatic hydroxyl groups is 1. The Morgan fingerprint density at radius 2 is 2.00 bits per heavy atom. The molecule has 0 bridgehead atoms. The highest BCUT2D eigenvalue weighted by Crippen LogP contribution is 2.40. The van der Waals surface area contributed by atoms with Crippen LogP contribution in [0.2, 0.25) is 0 Å². The minimum atomic E-state index is -0.469. The van der Waals surface area contributed by atoms with Gasteiger partial charge < -0.3 is 19.9 Å². The Kier molecular flexibility index (Phi) is 4.34.